The standard InChI is InChI=1S/C16H17N5O2/c1-23-15-6-3-2-5-14(15)21-12-13(11-19-21)16(22)17-8-10-20-9-4-7-18-20/h2-7,9,11-12H,8,10H2,1H3,(H,17,22). The molecule has 2 aromatic heterocycles. The Kier molecular flexibility index (Phi) is 4.37. The van der Waals surface area contributed by atoms with Crippen LogP contribution in [-0.2, 0) is 6.54 Å². The average molecular weight is 311 g/mol. The molecule has 7 nitrogen and oxygen atoms in total. The molecule has 0 saturated carbocycles. The van der Waals surface area contributed by atoms with E-state index < -0.39 is 0 Å². The Bertz CT molecular complexity index is 779. The highest BCUT2D eigenvalue weighted by Gasteiger charge is 2.11. The fraction of sp³-hybridized carbons (Fsp3) is 0.188. The second-order valence-corrected chi connectivity index (χ2v) is 4.87. The van der Waals surface area contributed by atoms with Crippen LogP contribution in [0.3, 0.4) is 0 Å². The van der Waals surface area contributed by atoms with Gasteiger partial charge in [-0.05, 0) is 18.2 Å². The molecule has 0 aliphatic carbocycles. The van der Waals surface area contributed by atoms with Crippen LogP contribution in [0.15, 0.2) is 55.1 Å². The molecule has 1 amide bonds. The summed E-state index contributed by atoms with van der Waals surface area (Å²) in [5.41, 5.74) is 1.28. The van der Waals surface area contributed by atoms with Crippen LogP contribution in [0.1, 0.15) is 10.4 Å². The maximum absolute atomic E-state index is 12.1. The predicted octanol–water partition coefficient (Wildman–Crippen LogP) is 1.51. The molecule has 2 heterocycles. The Balaban J connectivity index is 1.65. The van der Waals surface area contributed by atoms with E-state index in [4.69, 9.17) is 4.74 Å². The van der Waals surface area contributed by atoms with Crippen LogP contribution in [0, 0.1) is 0 Å². The monoisotopic (exact) mass is 311 g/mol. The van der Waals surface area contributed by atoms with Crippen molar-refractivity contribution in [3.05, 3.63) is 60.7 Å². The first-order valence-corrected chi connectivity index (χ1v) is 7.21. The van der Waals surface area contributed by atoms with Crippen LogP contribution in [0.2, 0.25) is 0 Å². The molecule has 0 radical (unpaired) electrons. The number of para-hydroxylation sites is 2. The van der Waals surface area contributed by atoms with Gasteiger partial charge in [0.15, 0.2) is 0 Å². The molecular weight excluding hydrogens is 294 g/mol. The van der Waals surface area contributed by atoms with E-state index >= 15 is 0 Å². The molecule has 3 aromatic rings. The summed E-state index contributed by atoms with van der Waals surface area (Å²) in [6, 6.07) is 9.35. The summed E-state index contributed by atoms with van der Waals surface area (Å²) in [4.78, 5) is 12.1. The average Bonchev–Trinajstić information content (AvgIpc) is 3.26. The van der Waals surface area contributed by atoms with Gasteiger partial charge >= 0.3 is 0 Å². The number of carbonyl (C=O) groups excluding carboxylic acids is 1. The number of hydrogen-bond donors (Lipinski definition) is 1. The van der Waals surface area contributed by atoms with Crippen molar-refractivity contribution in [2.24, 2.45) is 0 Å². The van der Waals surface area contributed by atoms with Crippen LogP contribution >= 0.6 is 0 Å². The van der Waals surface area contributed by atoms with E-state index in [1.807, 2.05) is 36.5 Å². The lowest BCUT2D eigenvalue weighted by Crippen LogP contribution is -2.27. The number of ether oxygens (including phenoxy) is 1. The number of benzene rings is 1. The van der Waals surface area contributed by atoms with Crippen LogP contribution < -0.4 is 10.1 Å². The third kappa shape index (κ3) is 3.39. The summed E-state index contributed by atoms with van der Waals surface area (Å²) < 4.78 is 8.69. The molecule has 0 aliphatic rings. The smallest absolute Gasteiger partial charge is 0.254 e. The maximum Gasteiger partial charge on any atom is 0.254 e. The van der Waals surface area contributed by atoms with Gasteiger partial charge in [-0.15, -0.1) is 0 Å². The molecule has 7 heteroatoms. The van der Waals surface area contributed by atoms with Gasteiger partial charge in [-0.1, -0.05) is 12.1 Å². The van der Waals surface area contributed by atoms with Gasteiger partial charge in [-0.2, -0.15) is 10.2 Å². The van der Waals surface area contributed by atoms with E-state index in [-0.39, 0.29) is 5.91 Å². The number of nitrogens with one attached hydrogen (secondary N) is 1. The number of aromatic nitrogens is 4. The number of carbonyl (C=O) groups is 1. The van der Waals surface area contributed by atoms with Crippen molar-refractivity contribution in [1.82, 2.24) is 24.9 Å². The van der Waals surface area contributed by atoms with Gasteiger partial charge in [0, 0.05) is 25.1 Å². The first-order valence-electron chi connectivity index (χ1n) is 7.21. The third-order valence-corrected chi connectivity index (χ3v) is 3.36. The van der Waals surface area contributed by atoms with Crippen molar-refractivity contribution >= 4 is 5.91 Å². The van der Waals surface area contributed by atoms with Gasteiger partial charge in [-0.3, -0.25) is 9.48 Å². The SMILES string of the molecule is COc1ccccc1-n1cc(C(=O)NCCn2cccn2)cn1. The number of nitrogens with zero attached hydrogens (tertiary/aromatic N) is 4. The molecule has 3 rings (SSSR count). The second-order valence-electron chi connectivity index (χ2n) is 4.87. The first-order chi connectivity index (χ1) is 11.3. The van der Waals surface area contributed by atoms with Crippen molar-refractivity contribution < 1.29 is 9.53 Å². The Labute approximate surface area is 133 Å². The van der Waals surface area contributed by atoms with Gasteiger partial charge in [-0.25, -0.2) is 4.68 Å². The zero-order valence-electron chi connectivity index (χ0n) is 12.7. The molecule has 0 aliphatic heterocycles. The zero-order valence-corrected chi connectivity index (χ0v) is 12.7. The Morgan fingerprint density at radius 3 is 2.91 bits per heavy atom. The summed E-state index contributed by atoms with van der Waals surface area (Å²) in [6.45, 7) is 1.12. The van der Waals surface area contributed by atoms with Gasteiger partial charge in [0.05, 0.1) is 25.4 Å². The Morgan fingerprint density at radius 1 is 1.26 bits per heavy atom. The topological polar surface area (TPSA) is 74.0 Å². The molecule has 0 spiro atoms. The highest BCUT2D eigenvalue weighted by atomic mass is 16.5. The minimum absolute atomic E-state index is 0.168. The fourth-order valence-electron chi connectivity index (χ4n) is 2.21. The molecule has 0 atom stereocenters. The van der Waals surface area contributed by atoms with E-state index in [1.54, 1.807) is 28.9 Å². The quantitative estimate of drug-likeness (QED) is 0.749. The molecule has 0 fully saturated rings. The highest BCUT2D eigenvalue weighted by molar-refractivity contribution is 5.93. The lowest BCUT2D eigenvalue weighted by Gasteiger charge is -2.07. The molecule has 0 bridgehead atoms. The highest BCUT2D eigenvalue weighted by Crippen LogP contribution is 2.21. The van der Waals surface area contributed by atoms with E-state index in [2.05, 4.69) is 15.5 Å². The summed E-state index contributed by atoms with van der Waals surface area (Å²) in [5.74, 6) is 0.527. The normalized spacial score (nSPS) is 10.5. The predicted molar refractivity (Wildman–Crippen MR) is 84.7 cm³/mol. The zero-order chi connectivity index (χ0) is 16.1. The van der Waals surface area contributed by atoms with Crippen LogP contribution in [0.25, 0.3) is 5.69 Å². The van der Waals surface area contributed by atoms with Crippen molar-refractivity contribution in [2.75, 3.05) is 13.7 Å². The van der Waals surface area contributed by atoms with Crippen molar-refractivity contribution in [1.29, 1.82) is 0 Å². The summed E-state index contributed by atoms with van der Waals surface area (Å²) in [5, 5.41) is 11.2. The van der Waals surface area contributed by atoms with E-state index in [9.17, 15) is 4.79 Å². The fourth-order valence-corrected chi connectivity index (χ4v) is 2.21. The second kappa shape index (κ2) is 6.78. The van der Waals surface area contributed by atoms with Gasteiger partial charge < -0.3 is 10.1 Å². The van der Waals surface area contributed by atoms with E-state index in [0.29, 0.717) is 24.4 Å². The number of methoxy groups -OCH3 is 1. The van der Waals surface area contributed by atoms with Crippen molar-refractivity contribution in [2.45, 2.75) is 6.54 Å². The molecule has 0 saturated heterocycles. The van der Waals surface area contributed by atoms with Gasteiger partial charge in [0.1, 0.15) is 11.4 Å². The minimum Gasteiger partial charge on any atom is -0.494 e. The lowest BCUT2D eigenvalue weighted by atomic mass is 10.3. The molecule has 0 unspecified atom stereocenters. The molecule has 1 aromatic carbocycles. The van der Waals surface area contributed by atoms with Crippen LogP contribution in [0.5, 0.6) is 5.75 Å². The summed E-state index contributed by atoms with van der Waals surface area (Å²) in [6.07, 6.45) is 6.78. The van der Waals surface area contributed by atoms with Crippen LogP contribution in [0.4, 0.5) is 0 Å². The summed E-state index contributed by atoms with van der Waals surface area (Å²) in [7, 11) is 1.60. The van der Waals surface area contributed by atoms with Crippen molar-refractivity contribution in [3.63, 3.8) is 0 Å². The number of rotatable bonds is 6. The van der Waals surface area contributed by atoms with Gasteiger partial charge in [0.25, 0.3) is 5.91 Å². The first kappa shape index (κ1) is 14.8. The number of hydrogen-bond acceptors (Lipinski definition) is 4. The number of amides is 1. The van der Waals surface area contributed by atoms with E-state index in [1.165, 1.54) is 6.20 Å². The molecular formula is C16H17N5O2. The molecule has 118 valence electrons. The third-order valence-electron chi connectivity index (χ3n) is 3.36. The van der Waals surface area contributed by atoms with Crippen molar-refractivity contribution in [3.8, 4) is 11.4 Å². The lowest BCUT2D eigenvalue weighted by molar-refractivity contribution is 0.0952. The van der Waals surface area contributed by atoms with E-state index in [0.717, 1.165) is 5.69 Å². The van der Waals surface area contributed by atoms with Crippen LogP contribution in [-0.4, -0.2) is 39.1 Å². The maximum atomic E-state index is 12.1. The summed E-state index contributed by atoms with van der Waals surface area (Å²) >= 11 is 0. The Morgan fingerprint density at radius 2 is 2.13 bits per heavy atom. The Hall–Kier alpha value is -3.09. The minimum atomic E-state index is -0.168. The largest absolute Gasteiger partial charge is 0.494 e. The molecule has 23 heavy (non-hydrogen) atoms. The van der Waals surface area contributed by atoms with Gasteiger partial charge in [0.2, 0.25) is 0 Å². The molecule has 1 N–H and O–H groups in total.